The summed E-state index contributed by atoms with van der Waals surface area (Å²) in [6, 6.07) is 5.47. The minimum atomic E-state index is -0.727. The molecule has 0 aliphatic rings. The molecule has 0 bridgehead atoms. The Bertz CT molecular complexity index is 350. The van der Waals surface area contributed by atoms with Gasteiger partial charge in [-0.2, -0.15) is 0 Å². The number of carbonyl (C=O) groups excluding carboxylic acids is 1. The minimum Gasteiger partial charge on any atom is -0.423 e. The molecule has 0 amide bonds. The predicted octanol–water partition coefficient (Wildman–Crippen LogP) is 1.34. The molecule has 0 unspecified atom stereocenters. The highest BCUT2D eigenvalue weighted by atomic mass is 16.5. The second-order valence-electron chi connectivity index (χ2n) is 2.77. The average Bonchev–Trinajstić information content (AvgIpc) is 2.18. The van der Waals surface area contributed by atoms with Gasteiger partial charge in [0.1, 0.15) is 6.04 Å². The predicted molar refractivity (Wildman–Crippen MR) is 51.2 cm³/mol. The van der Waals surface area contributed by atoms with Crippen LogP contribution in [-0.4, -0.2) is 12.0 Å². The molecule has 5 heteroatoms. The van der Waals surface area contributed by atoms with Crippen molar-refractivity contribution in [3.05, 3.63) is 29.2 Å². The maximum atomic E-state index is 11.1. The number of benzene rings is 1. The molecule has 2 N–H and O–H groups in total. The van der Waals surface area contributed by atoms with E-state index >= 15 is 0 Å². The monoisotopic (exact) mass is 194 g/mol. The molecular weight excluding hydrogens is 184 g/mol. The zero-order chi connectivity index (χ0) is 10.6. The van der Waals surface area contributed by atoms with E-state index in [1.165, 1.54) is 19.1 Å². The van der Waals surface area contributed by atoms with Crippen LogP contribution in [0.15, 0.2) is 29.4 Å². The van der Waals surface area contributed by atoms with Crippen LogP contribution in [0.25, 0.3) is 0 Å². The number of ether oxygens (including phenoxy) is 1. The first-order valence-electron chi connectivity index (χ1n) is 4.05. The van der Waals surface area contributed by atoms with E-state index in [2.05, 4.69) is 5.18 Å². The number of hydrogen-bond acceptors (Lipinski definition) is 5. The Balaban J connectivity index is 2.85. The molecule has 1 aromatic carbocycles. The van der Waals surface area contributed by atoms with E-state index in [0.717, 1.165) is 0 Å². The van der Waals surface area contributed by atoms with E-state index in [1.807, 2.05) is 0 Å². The Hall–Kier alpha value is -1.75. The molecule has 0 aromatic heterocycles. The molecule has 0 fully saturated rings. The van der Waals surface area contributed by atoms with Crippen LogP contribution in [0.4, 0.5) is 5.69 Å². The summed E-state index contributed by atoms with van der Waals surface area (Å²) < 4.78 is 4.84. The summed E-state index contributed by atoms with van der Waals surface area (Å²) in [6.07, 6.45) is 0. The second-order valence-corrected chi connectivity index (χ2v) is 2.77. The van der Waals surface area contributed by atoms with E-state index < -0.39 is 12.0 Å². The highest BCUT2D eigenvalue weighted by Crippen LogP contribution is 2.26. The van der Waals surface area contributed by atoms with Gasteiger partial charge in [0.05, 0.1) is 0 Å². The topological polar surface area (TPSA) is 81.8 Å². The summed E-state index contributed by atoms with van der Waals surface area (Å²) in [7, 11) is 0. The summed E-state index contributed by atoms with van der Waals surface area (Å²) in [5.41, 5.74) is 5.38. The smallest absolute Gasteiger partial charge is 0.328 e. The van der Waals surface area contributed by atoms with E-state index in [9.17, 15) is 9.70 Å². The van der Waals surface area contributed by atoms with Gasteiger partial charge in [-0.15, -0.1) is 4.91 Å². The number of para-hydroxylation sites is 1. The molecule has 0 heterocycles. The Morgan fingerprint density at radius 2 is 2.14 bits per heavy atom. The summed E-state index contributed by atoms with van der Waals surface area (Å²) >= 11 is 0. The third-order valence-corrected chi connectivity index (χ3v) is 1.55. The normalized spacial score (nSPS) is 11.9. The van der Waals surface area contributed by atoms with E-state index in [4.69, 9.17) is 10.5 Å². The first kappa shape index (κ1) is 10.3. The maximum Gasteiger partial charge on any atom is 0.328 e. The van der Waals surface area contributed by atoms with Gasteiger partial charge in [0.2, 0.25) is 0 Å². The SMILES string of the molecule is C[C@H](N)C(=O)Oc1ccccc1N=O. The number of rotatable bonds is 3. The van der Waals surface area contributed by atoms with Crippen LogP contribution in [0, 0.1) is 4.91 Å². The molecule has 1 atom stereocenters. The van der Waals surface area contributed by atoms with Gasteiger partial charge >= 0.3 is 5.97 Å². The summed E-state index contributed by atoms with van der Waals surface area (Å²) in [4.78, 5) is 21.4. The van der Waals surface area contributed by atoms with E-state index in [1.54, 1.807) is 12.1 Å². The van der Waals surface area contributed by atoms with Crippen molar-refractivity contribution in [2.24, 2.45) is 10.9 Å². The number of nitrogens with zero attached hydrogens (tertiary/aromatic N) is 1. The van der Waals surface area contributed by atoms with Gasteiger partial charge in [0.15, 0.2) is 11.4 Å². The lowest BCUT2D eigenvalue weighted by molar-refractivity contribution is -0.135. The molecule has 74 valence electrons. The number of nitrogens with two attached hydrogens (primary N) is 1. The van der Waals surface area contributed by atoms with Crippen molar-refractivity contribution in [3.63, 3.8) is 0 Å². The molecule has 0 aliphatic carbocycles. The van der Waals surface area contributed by atoms with Gasteiger partial charge in [-0.25, -0.2) is 4.79 Å². The fraction of sp³-hybridized carbons (Fsp3) is 0.222. The highest BCUT2D eigenvalue weighted by molar-refractivity contribution is 5.78. The molecule has 0 saturated heterocycles. The van der Waals surface area contributed by atoms with Crippen molar-refractivity contribution < 1.29 is 9.53 Å². The lowest BCUT2D eigenvalue weighted by Crippen LogP contribution is -2.30. The quantitative estimate of drug-likeness (QED) is 0.447. The van der Waals surface area contributed by atoms with E-state index in [0.29, 0.717) is 0 Å². The van der Waals surface area contributed by atoms with Crippen LogP contribution in [0.3, 0.4) is 0 Å². The minimum absolute atomic E-state index is 0.0847. The Kier molecular flexibility index (Phi) is 3.30. The Morgan fingerprint density at radius 1 is 1.50 bits per heavy atom. The molecule has 1 rings (SSSR count). The van der Waals surface area contributed by atoms with Gasteiger partial charge in [0.25, 0.3) is 0 Å². The molecule has 0 spiro atoms. The third-order valence-electron chi connectivity index (χ3n) is 1.55. The van der Waals surface area contributed by atoms with Crippen LogP contribution in [0.1, 0.15) is 6.92 Å². The fourth-order valence-electron chi connectivity index (χ4n) is 0.820. The van der Waals surface area contributed by atoms with Gasteiger partial charge in [-0.3, -0.25) is 0 Å². The first-order chi connectivity index (χ1) is 6.65. The zero-order valence-electron chi connectivity index (χ0n) is 7.64. The Morgan fingerprint density at radius 3 is 2.71 bits per heavy atom. The van der Waals surface area contributed by atoms with Crippen LogP contribution in [0.5, 0.6) is 5.75 Å². The molecule has 0 aliphatic heterocycles. The highest BCUT2D eigenvalue weighted by Gasteiger charge is 2.12. The van der Waals surface area contributed by atoms with Gasteiger partial charge in [-0.1, -0.05) is 12.1 Å². The molecule has 1 aromatic rings. The zero-order valence-corrected chi connectivity index (χ0v) is 7.64. The van der Waals surface area contributed by atoms with Gasteiger partial charge in [0, 0.05) is 0 Å². The molecule has 0 radical (unpaired) electrons. The van der Waals surface area contributed by atoms with Crippen molar-refractivity contribution >= 4 is 11.7 Å². The molecule has 0 saturated carbocycles. The summed E-state index contributed by atoms with van der Waals surface area (Å²) in [6.45, 7) is 1.50. The molecule has 5 nitrogen and oxygen atoms in total. The van der Waals surface area contributed by atoms with Crippen molar-refractivity contribution in [2.75, 3.05) is 0 Å². The van der Waals surface area contributed by atoms with Gasteiger partial charge in [-0.05, 0) is 24.2 Å². The number of hydrogen-bond donors (Lipinski definition) is 1. The van der Waals surface area contributed by atoms with Crippen LogP contribution in [-0.2, 0) is 4.79 Å². The summed E-state index contributed by atoms with van der Waals surface area (Å²) in [5.74, 6) is -0.467. The number of carbonyl (C=O) groups is 1. The van der Waals surface area contributed by atoms with Crippen molar-refractivity contribution in [1.29, 1.82) is 0 Å². The van der Waals surface area contributed by atoms with Gasteiger partial charge < -0.3 is 10.5 Å². The number of nitroso groups, excluding NO2 is 1. The Labute approximate surface area is 80.8 Å². The maximum absolute atomic E-state index is 11.1. The fourth-order valence-corrected chi connectivity index (χ4v) is 0.820. The van der Waals surface area contributed by atoms with Crippen molar-refractivity contribution in [3.8, 4) is 5.75 Å². The van der Waals surface area contributed by atoms with Crippen molar-refractivity contribution in [2.45, 2.75) is 13.0 Å². The van der Waals surface area contributed by atoms with Crippen molar-refractivity contribution in [1.82, 2.24) is 0 Å². The average molecular weight is 194 g/mol. The second kappa shape index (κ2) is 4.48. The van der Waals surface area contributed by atoms with Crippen LogP contribution >= 0.6 is 0 Å². The number of esters is 1. The molecule has 14 heavy (non-hydrogen) atoms. The summed E-state index contributed by atoms with van der Waals surface area (Å²) in [5, 5.41) is 2.71. The van der Waals surface area contributed by atoms with Crippen LogP contribution < -0.4 is 10.5 Å². The van der Waals surface area contributed by atoms with Crippen LogP contribution in [0.2, 0.25) is 0 Å². The lowest BCUT2D eigenvalue weighted by atomic mass is 10.3. The largest absolute Gasteiger partial charge is 0.423 e. The first-order valence-corrected chi connectivity index (χ1v) is 4.05. The lowest BCUT2D eigenvalue weighted by Gasteiger charge is -2.06. The molecular formula is C9H10N2O3. The third kappa shape index (κ3) is 2.37. The van der Waals surface area contributed by atoms with E-state index in [-0.39, 0.29) is 11.4 Å². The standard InChI is InChI=1S/C9H10N2O3/c1-6(10)9(12)14-8-5-3-2-4-7(8)11-13/h2-6H,10H2,1H3/t6-/m0/s1.